The summed E-state index contributed by atoms with van der Waals surface area (Å²) >= 11 is 0. The number of carboxylic acids is 2. The number of rotatable bonds is 15. The van der Waals surface area contributed by atoms with Crippen LogP contribution in [0.2, 0.25) is 0 Å². The Kier molecular flexibility index (Phi) is 15.1. The van der Waals surface area contributed by atoms with Gasteiger partial charge in [0.2, 0.25) is 0 Å². The Morgan fingerprint density at radius 1 is 1.05 bits per heavy atom. The first-order valence-electron chi connectivity index (χ1n) is 14.8. The highest BCUT2D eigenvalue weighted by molar-refractivity contribution is 5.89. The summed E-state index contributed by atoms with van der Waals surface area (Å²) in [7, 11) is 0. The van der Waals surface area contributed by atoms with Crippen LogP contribution < -0.4 is 0 Å². The fourth-order valence-corrected chi connectivity index (χ4v) is 4.97. The molecule has 1 aromatic heterocycles. The van der Waals surface area contributed by atoms with E-state index in [2.05, 4.69) is 30.8 Å². The molecule has 1 aliphatic heterocycles. The standard InChI is InChI=1S/C27H41FN2O3.C4H4O4/c1-4-6-7-8-9-10-11-12-25(31)32-27(20(3)5-2)30-17-15-21(16-18-30)26-23-14-13-22(28)19-24(23)33-29-26;5-3(6)1-2-4(7)8/h13-14,19-21,27H,4-12,15-18H2,1-3H3;1-2H,(H,5,6)(H,7,8)/b;2-1+. The Balaban J connectivity index is 0.000000642. The number of esters is 1. The molecule has 10 heteroatoms. The highest BCUT2D eigenvalue weighted by Gasteiger charge is 2.32. The number of ether oxygens (including phenoxy) is 1. The number of nitrogens with zero attached hydrogens (tertiary/aromatic N) is 2. The van der Waals surface area contributed by atoms with Gasteiger partial charge in [-0.15, -0.1) is 0 Å². The first-order valence-corrected chi connectivity index (χ1v) is 14.8. The van der Waals surface area contributed by atoms with E-state index < -0.39 is 11.9 Å². The lowest BCUT2D eigenvalue weighted by atomic mass is 9.90. The quantitative estimate of drug-likeness (QED) is 0.132. The number of halogens is 1. The SMILES string of the molecule is CCCCCCCCCC(=O)OC(C(C)CC)N1CCC(c2noc3cc(F)ccc23)CC1.O=C(O)/C=C/C(=O)O. The number of hydrogen-bond acceptors (Lipinski definition) is 7. The lowest BCUT2D eigenvalue weighted by Gasteiger charge is -2.39. The second-order valence-electron chi connectivity index (χ2n) is 10.7. The van der Waals surface area contributed by atoms with Crippen molar-refractivity contribution in [1.29, 1.82) is 0 Å². The molecule has 9 nitrogen and oxygen atoms in total. The van der Waals surface area contributed by atoms with Crippen LogP contribution in [0.1, 0.15) is 103 Å². The van der Waals surface area contributed by atoms with Gasteiger partial charge in [0.15, 0.2) is 11.8 Å². The molecule has 2 heterocycles. The normalized spacial score (nSPS) is 15.8. The molecule has 0 radical (unpaired) electrons. The summed E-state index contributed by atoms with van der Waals surface area (Å²) in [4.78, 5) is 34.0. The number of aromatic nitrogens is 1. The van der Waals surface area contributed by atoms with Gasteiger partial charge in [0.25, 0.3) is 0 Å². The number of likely N-dealkylation sites (tertiary alicyclic amines) is 1. The van der Waals surface area contributed by atoms with E-state index in [1.807, 2.05) is 0 Å². The van der Waals surface area contributed by atoms with Crippen molar-refractivity contribution in [1.82, 2.24) is 10.1 Å². The van der Waals surface area contributed by atoms with Crippen LogP contribution in [0, 0.1) is 11.7 Å². The third-order valence-electron chi connectivity index (χ3n) is 7.47. The fraction of sp³-hybridized carbons (Fsp3) is 0.613. The maximum Gasteiger partial charge on any atom is 0.328 e. The van der Waals surface area contributed by atoms with E-state index in [1.165, 1.54) is 44.2 Å². The summed E-state index contributed by atoms with van der Waals surface area (Å²) in [6.45, 7) is 8.23. The summed E-state index contributed by atoms with van der Waals surface area (Å²) in [5, 5.41) is 20.8. The van der Waals surface area contributed by atoms with E-state index >= 15 is 0 Å². The molecule has 1 aliphatic rings. The molecule has 0 saturated carbocycles. The van der Waals surface area contributed by atoms with Crippen molar-refractivity contribution >= 4 is 28.9 Å². The largest absolute Gasteiger partial charge is 0.478 e. The average molecular weight is 577 g/mol. The number of carbonyl (C=O) groups excluding carboxylic acids is 1. The third kappa shape index (κ3) is 12.0. The lowest BCUT2D eigenvalue weighted by Crippen LogP contribution is -2.46. The van der Waals surface area contributed by atoms with Crippen LogP contribution in [0.4, 0.5) is 4.39 Å². The van der Waals surface area contributed by atoms with Crippen LogP contribution in [-0.2, 0) is 19.1 Å². The molecular weight excluding hydrogens is 531 g/mol. The smallest absolute Gasteiger partial charge is 0.328 e. The average Bonchev–Trinajstić information content (AvgIpc) is 3.37. The van der Waals surface area contributed by atoms with E-state index in [4.69, 9.17) is 19.5 Å². The first kappa shape index (κ1) is 33.9. The number of benzene rings is 1. The van der Waals surface area contributed by atoms with Crippen molar-refractivity contribution in [3.63, 3.8) is 0 Å². The number of fused-ring (bicyclic) bond motifs is 1. The molecule has 0 amide bonds. The molecule has 1 saturated heterocycles. The minimum atomic E-state index is -1.26. The molecule has 2 atom stereocenters. The van der Waals surface area contributed by atoms with Gasteiger partial charge in [-0.1, -0.05) is 64.5 Å². The Bertz CT molecular complexity index is 1110. The van der Waals surface area contributed by atoms with Crippen molar-refractivity contribution in [3.05, 3.63) is 41.9 Å². The third-order valence-corrected chi connectivity index (χ3v) is 7.47. The van der Waals surface area contributed by atoms with Gasteiger partial charge in [0, 0.05) is 55.0 Å². The predicted octanol–water partition coefficient (Wildman–Crippen LogP) is 6.91. The molecule has 2 N–H and O–H groups in total. The Labute approximate surface area is 241 Å². The predicted molar refractivity (Wildman–Crippen MR) is 154 cm³/mol. The number of unbranched alkanes of at least 4 members (excludes halogenated alkanes) is 6. The molecule has 228 valence electrons. The van der Waals surface area contributed by atoms with Crippen molar-refractivity contribution in [2.24, 2.45) is 5.92 Å². The monoisotopic (exact) mass is 576 g/mol. The van der Waals surface area contributed by atoms with Crippen molar-refractivity contribution in [2.45, 2.75) is 104 Å². The molecule has 1 aromatic carbocycles. The molecule has 0 bridgehead atoms. The van der Waals surface area contributed by atoms with Crippen molar-refractivity contribution < 1.29 is 38.2 Å². The number of carboxylic acid groups (broad SMARTS) is 2. The van der Waals surface area contributed by atoms with Crippen LogP contribution in [0.5, 0.6) is 0 Å². The number of carbonyl (C=O) groups is 3. The van der Waals surface area contributed by atoms with E-state index in [0.29, 0.717) is 24.2 Å². The second kappa shape index (κ2) is 18.2. The summed E-state index contributed by atoms with van der Waals surface area (Å²) < 4.78 is 24.8. The van der Waals surface area contributed by atoms with Crippen LogP contribution in [-0.4, -0.2) is 57.5 Å². The van der Waals surface area contributed by atoms with E-state index in [1.54, 1.807) is 6.07 Å². The topological polar surface area (TPSA) is 130 Å². The van der Waals surface area contributed by atoms with Crippen LogP contribution in [0.3, 0.4) is 0 Å². The zero-order chi connectivity index (χ0) is 30.2. The zero-order valence-corrected chi connectivity index (χ0v) is 24.5. The Morgan fingerprint density at radius 2 is 1.66 bits per heavy atom. The van der Waals surface area contributed by atoms with Crippen molar-refractivity contribution in [3.8, 4) is 0 Å². The summed E-state index contributed by atoms with van der Waals surface area (Å²) in [6, 6.07) is 4.61. The van der Waals surface area contributed by atoms with Gasteiger partial charge in [-0.3, -0.25) is 9.69 Å². The summed E-state index contributed by atoms with van der Waals surface area (Å²) in [5.74, 6) is -2.33. The van der Waals surface area contributed by atoms with Crippen LogP contribution in [0.15, 0.2) is 34.9 Å². The van der Waals surface area contributed by atoms with E-state index in [9.17, 15) is 18.8 Å². The van der Waals surface area contributed by atoms with Gasteiger partial charge in [0.1, 0.15) is 5.82 Å². The fourth-order valence-electron chi connectivity index (χ4n) is 4.97. The number of piperidine rings is 1. The molecule has 3 rings (SSSR count). The number of aliphatic carboxylic acids is 2. The van der Waals surface area contributed by atoms with Gasteiger partial charge in [-0.25, -0.2) is 14.0 Å². The molecule has 0 spiro atoms. The first-order chi connectivity index (χ1) is 19.7. The number of hydrogen-bond donors (Lipinski definition) is 2. The molecule has 1 fully saturated rings. The van der Waals surface area contributed by atoms with Gasteiger partial charge in [0.05, 0.1) is 5.69 Å². The molecule has 0 aliphatic carbocycles. The van der Waals surface area contributed by atoms with E-state index in [-0.39, 0.29) is 29.9 Å². The van der Waals surface area contributed by atoms with Gasteiger partial charge >= 0.3 is 17.9 Å². The molecule has 2 aromatic rings. The van der Waals surface area contributed by atoms with Gasteiger partial charge in [-0.05, 0) is 37.8 Å². The van der Waals surface area contributed by atoms with Crippen LogP contribution >= 0.6 is 0 Å². The van der Waals surface area contributed by atoms with Gasteiger partial charge in [-0.2, -0.15) is 0 Å². The Hall–Kier alpha value is -3.27. The minimum Gasteiger partial charge on any atom is -0.478 e. The van der Waals surface area contributed by atoms with Gasteiger partial charge < -0.3 is 19.5 Å². The second-order valence-corrected chi connectivity index (χ2v) is 10.7. The summed E-state index contributed by atoms with van der Waals surface area (Å²) in [6.07, 6.45) is 12.6. The molecule has 2 unspecified atom stereocenters. The minimum absolute atomic E-state index is 0.0690. The lowest BCUT2D eigenvalue weighted by molar-refractivity contribution is -0.166. The maximum atomic E-state index is 13.5. The van der Waals surface area contributed by atoms with Crippen molar-refractivity contribution in [2.75, 3.05) is 13.1 Å². The molecule has 41 heavy (non-hydrogen) atoms. The maximum absolute atomic E-state index is 13.5. The zero-order valence-electron chi connectivity index (χ0n) is 24.5. The Morgan fingerprint density at radius 3 is 2.24 bits per heavy atom. The summed E-state index contributed by atoms with van der Waals surface area (Å²) in [5.41, 5.74) is 1.42. The van der Waals surface area contributed by atoms with Crippen LogP contribution in [0.25, 0.3) is 11.0 Å². The van der Waals surface area contributed by atoms with E-state index in [0.717, 1.165) is 56.3 Å². The highest BCUT2D eigenvalue weighted by atomic mass is 19.1. The molecular formula is C31H45FN2O7. The highest BCUT2D eigenvalue weighted by Crippen LogP contribution is 2.34.